The topological polar surface area (TPSA) is 71.7 Å². The van der Waals surface area contributed by atoms with Crippen LogP contribution in [0.2, 0.25) is 0 Å². The lowest BCUT2D eigenvalue weighted by atomic mass is 10.1. The highest BCUT2D eigenvalue weighted by Gasteiger charge is 2.06. The van der Waals surface area contributed by atoms with E-state index in [0.717, 1.165) is 29.5 Å². The summed E-state index contributed by atoms with van der Waals surface area (Å²) in [5.41, 5.74) is 3.25. The first-order valence-corrected chi connectivity index (χ1v) is 9.12. The van der Waals surface area contributed by atoms with Crippen LogP contribution >= 0.6 is 0 Å². The number of rotatable bonds is 8. The molecule has 26 heavy (non-hydrogen) atoms. The van der Waals surface area contributed by atoms with Crippen molar-refractivity contribution in [3.05, 3.63) is 52.7 Å². The smallest absolute Gasteiger partial charge is 0.214 e. The molecule has 0 bridgehead atoms. The van der Waals surface area contributed by atoms with Gasteiger partial charge in [0.25, 0.3) is 0 Å². The van der Waals surface area contributed by atoms with Crippen LogP contribution in [0.25, 0.3) is 0 Å². The number of aliphatic imine (C=N–C) groups is 1. The number of hydrogen-bond donors (Lipinski definition) is 2. The second-order valence-electron chi connectivity index (χ2n) is 6.47. The number of nitrogens with one attached hydrogen (secondary N) is 2. The Morgan fingerprint density at radius 1 is 1.15 bits per heavy atom. The highest BCUT2D eigenvalue weighted by Crippen LogP contribution is 2.09. The third kappa shape index (κ3) is 6.52. The lowest BCUT2D eigenvalue weighted by Gasteiger charge is -2.10. The quantitative estimate of drug-likeness (QED) is 0.558. The van der Waals surface area contributed by atoms with Gasteiger partial charge in [-0.2, -0.15) is 0 Å². The summed E-state index contributed by atoms with van der Waals surface area (Å²) in [6.45, 7) is 12.5. The van der Waals surface area contributed by atoms with Crippen molar-refractivity contribution >= 4 is 5.96 Å². The van der Waals surface area contributed by atoms with Crippen LogP contribution in [0.4, 0.5) is 0 Å². The van der Waals surface area contributed by atoms with Crippen LogP contribution in [0, 0.1) is 13.8 Å². The number of hydrogen-bond acceptors (Lipinski definition) is 4. The minimum Gasteiger partial charge on any atom is -0.444 e. The Labute approximate surface area is 156 Å². The largest absolute Gasteiger partial charge is 0.444 e. The molecule has 0 unspecified atom stereocenters. The van der Waals surface area contributed by atoms with Gasteiger partial charge < -0.3 is 19.8 Å². The number of aryl methyl sites for hydroxylation is 2. The van der Waals surface area contributed by atoms with E-state index in [0.29, 0.717) is 25.6 Å². The first-order valence-electron chi connectivity index (χ1n) is 9.12. The molecule has 1 aromatic carbocycles. The van der Waals surface area contributed by atoms with Crippen molar-refractivity contribution in [1.82, 2.24) is 15.6 Å². The van der Waals surface area contributed by atoms with Crippen LogP contribution in [0.15, 0.2) is 33.7 Å². The molecule has 0 aliphatic rings. The van der Waals surface area contributed by atoms with Crippen LogP contribution in [0.1, 0.15) is 49.2 Å². The second kappa shape index (κ2) is 9.97. The summed E-state index contributed by atoms with van der Waals surface area (Å²) in [4.78, 5) is 9.00. The van der Waals surface area contributed by atoms with Crippen molar-refractivity contribution in [2.75, 3.05) is 6.54 Å². The van der Waals surface area contributed by atoms with Gasteiger partial charge in [0, 0.05) is 6.54 Å². The summed E-state index contributed by atoms with van der Waals surface area (Å²) < 4.78 is 11.2. The molecule has 2 aromatic rings. The molecule has 0 saturated heterocycles. The fourth-order valence-corrected chi connectivity index (χ4v) is 2.29. The molecule has 0 amide bonds. The first-order chi connectivity index (χ1) is 12.5. The second-order valence-corrected chi connectivity index (χ2v) is 6.47. The third-order valence-corrected chi connectivity index (χ3v) is 3.85. The van der Waals surface area contributed by atoms with Crippen molar-refractivity contribution in [3.8, 4) is 0 Å². The Bertz CT molecular complexity index is 686. The SMILES string of the molecule is CCNC(=NCc1ccc(COC(C)C)cc1)NCc1nc(C)c(C)o1. The van der Waals surface area contributed by atoms with Gasteiger partial charge in [0.05, 0.1) is 31.5 Å². The average molecular weight is 358 g/mol. The molecule has 0 fully saturated rings. The fraction of sp³-hybridized carbons (Fsp3) is 0.500. The summed E-state index contributed by atoms with van der Waals surface area (Å²) in [7, 11) is 0. The molecular formula is C20H30N4O2. The predicted molar refractivity (Wildman–Crippen MR) is 104 cm³/mol. The number of guanidine groups is 1. The average Bonchev–Trinajstić information content (AvgIpc) is 2.94. The van der Waals surface area contributed by atoms with E-state index in [2.05, 4.69) is 44.9 Å². The van der Waals surface area contributed by atoms with Crippen LogP contribution < -0.4 is 10.6 Å². The van der Waals surface area contributed by atoms with E-state index in [-0.39, 0.29) is 6.10 Å². The molecule has 142 valence electrons. The van der Waals surface area contributed by atoms with Gasteiger partial charge in [-0.25, -0.2) is 9.98 Å². The number of oxazole rings is 1. The molecule has 0 aliphatic heterocycles. The van der Waals surface area contributed by atoms with Crippen LogP contribution in [0.3, 0.4) is 0 Å². The van der Waals surface area contributed by atoms with E-state index in [1.807, 2.05) is 34.6 Å². The highest BCUT2D eigenvalue weighted by molar-refractivity contribution is 5.79. The maximum absolute atomic E-state index is 5.62. The summed E-state index contributed by atoms with van der Waals surface area (Å²) in [6.07, 6.45) is 0.240. The summed E-state index contributed by atoms with van der Waals surface area (Å²) in [6, 6.07) is 8.36. The molecule has 6 nitrogen and oxygen atoms in total. The van der Waals surface area contributed by atoms with E-state index in [4.69, 9.17) is 9.15 Å². The van der Waals surface area contributed by atoms with E-state index >= 15 is 0 Å². The summed E-state index contributed by atoms with van der Waals surface area (Å²) in [5, 5.41) is 6.49. The third-order valence-electron chi connectivity index (χ3n) is 3.85. The predicted octanol–water partition coefficient (Wildman–Crippen LogP) is 3.47. The zero-order valence-electron chi connectivity index (χ0n) is 16.4. The van der Waals surface area contributed by atoms with Gasteiger partial charge in [0.1, 0.15) is 5.76 Å². The van der Waals surface area contributed by atoms with E-state index < -0.39 is 0 Å². The maximum Gasteiger partial charge on any atom is 0.214 e. The lowest BCUT2D eigenvalue weighted by Crippen LogP contribution is -2.36. The zero-order chi connectivity index (χ0) is 18.9. The van der Waals surface area contributed by atoms with Crippen molar-refractivity contribution in [2.24, 2.45) is 4.99 Å². The van der Waals surface area contributed by atoms with E-state index in [9.17, 15) is 0 Å². The number of benzene rings is 1. The molecule has 1 heterocycles. The van der Waals surface area contributed by atoms with Gasteiger partial charge in [-0.1, -0.05) is 24.3 Å². The Hall–Kier alpha value is -2.34. The summed E-state index contributed by atoms with van der Waals surface area (Å²) >= 11 is 0. The van der Waals surface area contributed by atoms with Gasteiger partial charge in [0.2, 0.25) is 5.89 Å². The monoisotopic (exact) mass is 358 g/mol. The van der Waals surface area contributed by atoms with Gasteiger partial charge in [-0.15, -0.1) is 0 Å². The van der Waals surface area contributed by atoms with Gasteiger partial charge >= 0.3 is 0 Å². The maximum atomic E-state index is 5.62. The Kier molecular flexibility index (Phi) is 7.66. The van der Waals surface area contributed by atoms with Gasteiger partial charge in [-0.05, 0) is 45.7 Å². The minimum absolute atomic E-state index is 0.240. The van der Waals surface area contributed by atoms with Crippen LogP contribution in [0.5, 0.6) is 0 Å². The molecule has 6 heteroatoms. The van der Waals surface area contributed by atoms with Crippen LogP contribution in [-0.4, -0.2) is 23.6 Å². The molecule has 1 aromatic heterocycles. The molecular weight excluding hydrogens is 328 g/mol. The number of nitrogens with zero attached hydrogens (tertiary/aromatic N) is 2. The van der Waals surface area contributed by atoms with Gasteiger partial charge in [-0.3, -0.25) is 0 Å². The minimum atomic E-state index is 0.240. The Morgan fingerprint density at radius 2 is 1.85 bits per heavy atom. The lowest BCUT2D eigenvalue weighted by molar-refractivity contribution is 0.0657. The van der Waals surface area contributed by atoms with Crippen molar-refractivity contribution in [2.45, 2.75) is 60.4 Å². The molecule has 0 aliphatic carbocycles. The fourth-order valence-electron chi connectivity index (χ4n) is 2.29. The van der Waals surface area contributed by atoms with Gasteiger partial charge in [0.15, 0.2) is 5.96 Å². The van der Waals surface area contributed by atoms with E-state index in [1.54, 1.807) is 0 Å². The molecule has 0 atom stereocenters. The molecule has 0 radical (unpaired) electrons. The summed E-state index contributed by atoms with van der Waals surface area (Å²) in [5.74, 6) is 2.26. The van der Waals surface area contributed by atoms with Crippen molar-refractivity contribution in [1.29, 1.82) is 0 Å². The molecule has 0 saturated carbocycles. The van der Waals surface area contributed by atoms with E-state index in [1.165, 1.54) is 5.56 Å². The highest BCUT2D eigenvalue weighted by atomic mass is 16.5. The Morgan fingerprint density at radius 3 is 2.42 bits per heavy atom. The first kappa shape index (κ1) is 20.0. The molecule has 2 rings (SSSR count). The van der Waals surface area contributed by atoms with Crippen LogP contribution in [-0.2, 0) is 24.4 Å². The molecule has 2 N–H and O–H groups in total. The normalized spacial score (nSPS) is 11.8. The van der Waals surface area contributed by atoms with Crippen molar-refractivity contribution < 1.29 is 9.15 Å². The Balaban J connectivity index is 1.91. The standard InChI is InChI=1S/C20H30N4O2/c1-6-21-20(23-12-19-24-15(4)16(5)26-19)22-11-17-7-9-18(10-8-17)13-25-14(2)3/h7-10,14H,6,11-13H2,1-5H3,(H2,21,22,23). The number of ether oxygens (including phenoxy) is 1. The van der Waals surface area contributed by atoms with Crippen molar-refractivity contribution in [3.63, 3.8) is 0 Å². The molecule has 0 spiro atoms. The number of aromatic nitrogens is 1. The zero-order valence-corrected chi connectivity index (χ0v) is 16.4.